The van der Waals surface area contributed by atoms with Crippen LogP contribution < -0.4 is 11.1 Å². The molecule has 1 aliphatic rings. The molecule has 4 rings (SSSR count). The first kappa shape index (κ1) is 23.4. The third-order valence-corrected chi connectivity index (χ3v) is 7.64. The molecule has 33 heavy (non-hydrogen) atoms. The van der Waals surface area contributed by atoms with E-state index in [2.05, 4.69) is 16.3 Å². The molecule has 0 radical (unpaired) electrons. The highest BCUT2D eigenvalue weighted by Crippen LogP contribution is 2.32. The SMILES string of the molecule is CC(Cc1nc2ccccc2s1)(C(=O)NCCCN1CCCC(C(N)=O)C1)c1ccccc1. The number of piperidine rings is 1. The molecule has 2 amide bonds. The van der Waals surface area contributed by atoms with Gasteiger partial charge in [0.05, 0.1) is 26.6 Å². The van der Waals surface area contributed by atoms with Crippen molar-refractivity contribution >= 4 is 33.4 Å². The lowest BCUT2D eigenvalue weighted by molar-refractivity contribution is -0.126. The largest absolute Gasteiger partial charge is 0.369 e. The van der Waals surface area contributed by atoms with Gasteiger partial charge in [0.1, 0.15) is 0 Å². The molecule has 1 saturated heterocycles. The highest BCUT2D eigenvalue weighted by atomic mass is 32.1. The van der Waals surface area contributed by atoms with E-state index in [-0.39, 0.29) is 17.7 Å². The van der Waals surface area contributed by atoms with Gasteiger partial charge in [0, 0.05) is 19.5 Å². The molecule has 3 aromatic rings. The Bertz CT molecular complexity index is 1070. The molecule has 0 saturated carbocycles. The predicted octanol–water partition coefficient (Wildman–Crippen LogP) is 3.50. The minimum atomic E-state index is -0.711. The van der Waals surface area contributed by atoms with Crippen molar-refractivity contribution in [2.75, 3.05) is 26.2 Å². The van der Waals surface area contributed by atoms with Crippen LogP contribution in [0.15, 0.2) is 54.6 Å². The number of rotatable bonds is 9. The van der Waals surface area contributed by atoms with Gasteiger partial charge in [0.2, 0.25) is 11.8 Å². The van der Waals surface area contributed by atoms with Crippen LogP contribution in [0.25, 0.3) is 10.2 Å². The van der Waals surface area contributed by atoms with E-state index in [1.807, 2.05) is 55.5 Å². The van der Waals surface area contributed by atoms with Crippen LogP contribution in [0.1, 0.15) is 36.8 Å². The lowest BCUT2D eigenvalue weighted by Crippen LogP contribution is -2.45. The first-order chi connectivity index (χ1) is 16.0. The number of hydrogen-bond acceptors (Lipinski definition) is 5. The minimum Gasteiger partial charge on any atom is -0.369 e. The number of nitrogens with two attached hydrogens (primary N) is 1. The monoisotopic (exact) mass is 464 g/mol. The van der Waals surface area contributed by atoms with E-state index in [1.165, 1.54) is 0 Å². The smallest absolute Gasteiger partial charge is 0.230 e. The fourth-order valence-corrected chi connectivity index (χ4v) is 5.73. The number of nitrogens with zero attached hydrogens (tertiary/aromatic N) is 2. The van der Waals surface area contributed by atoms with Gasteiger partial charge >= 0.3 is 0 Å². The molecule has 0 bridgehead atoms. The van der Waals surface area contributed by atoms with Gasteiger partial charge in [-0.25, -0.2) is 4.98 Å². The summed E-state index contributed by atoms with van der Waals surface area (Å²) in [5.74, 6) is -0.244. The van der Waals surface area contributed by atoms with Crippen LogP contribution in [0.2, 0.25) is 0 Å². The number of fused-ring (bicyclic) bond motifs is 1. The zero-order valence-electron chi connectivity index (χ0n) is 19.1. The molecule has 6 nitrogen and oxygen atoms in total. The van der Waals surface area contributed by atoms with Crippen LogP contribution in [-0.2, 0) is 21.4 Å². The van der Waals surface area contributed by atoms with Crippen LogP contribution >= 0.6 is 11.3 Å². The summed E-state index contributed by atoms with van der Waals surface area (Å²) in [5.41, 5.74) is 6.74. The third kappa shape index (κ3) is 5.60. The van der Waals surface area contributed by atoms with Crippen molar-refractivity contribution < 1.29 is 9.59 Å². The summed E-state index contributed by atoms with van der Waals surface area (Å²) >= 11 is 1.65. The van der Waals surface area contributed by atoms with Gasteiger partial charge in [-0.1, -0.05) is 42.5 Å². The second-order valence-corrected chi connectivity index (χ2v) is 10.2. The number of amides is 2. The molecule has 1 fully saturated rings. The van der Waals surface area contributed by atoms with E-state index < -0.39 is 5.41 Å². The molecule has 7 heteroatoms. The Labute approximate surface area is 199 Å². The molecule has 2 unspecified atom stereocenters. The summed E-state index contributed by atoms with van der Waals surface area (Å²) in [7, 11) is 0. The Morgan fingerprint density at radius 3 is 2.70 bits per heavy atom. The van der Waals surface area contributed by atoms with Gasteiger partial charge in [0.15, 0.2) is 0 Å². The number of likely N-dealkylation sites (tertiary alicyclic amines) is 1. The average molecular weight is 465 g/mol. The van der Waals surface area contributed by atoms with Gasteiger partial charge < -0.3 is 16.0 Å². The molecular weight excluding hydrogens is 432 g/mol. The van der Waals surface area contributed by atoms with E-state index >= 15 is 0 Å². The van der Waals surface area contributed by atoms with Crippen molar-refractivity contribution in [1.29, 1.82) is 0 Å². The lowest BCUT2D eigenvalue weighted by Gasteiger charge is -2.31. The summed E-state index contributed by atoms with van der Waals surface area (Å²) in [4.78, 5) is 32.0. The van der Waals surface area contributed by atoms with Crippen LogP contribution in [-0.4, -0.2) is 47.9 Å². The first-order valence-electron chi connectivity index (χ1n) is 11.7. The Morgan fingerprint density at radius 1 is 1.18 bits per heavy atom. The van der Waals surface area contributed by atoms with Crippen LogP contribution in [0.5, 0.6) is 0 Å². The first-order valence-corrected chi connectivity index (χ1v) is 12.5. The molecule has 1 aromatic heterocycles. The van der Waals surface area contributed by atoms with E-state index in [9.17, 15) is 9.59 Å². The van der Waals surface area contributed by atoms with Crippen molar-refractivity contribution in [1.82, 2.24) is 15.2 Å². The number of para-hydroxylation sites is 1. The number of thiazole rings is 1. The van der Waals surface area contributed by atoms with Crippen molar-refractivity contribution in [3.8, 4) is 0 Å². The molecule has 2 atom stereocenters. The second kappa shape index (κ2) is 10.4. The van der Waals surface area contributed by atoms with E-state index in [1.54, 1.807) is 11.3 Å². The Morgan fingerprint density at radius 2 is 1.94 bits per heavy atom. The number of primary amides is 1. The number of aromatic nitrogens is 1. The fourth-order valence-electron chi connectivity index (χ4n) is 4.61. The van der Waals surface area contributed by atoms with Gasteiger partial charge in [0.25, 0.3) is 0 Å². The average Bonchev–Trinajstić information content (AvgIpc) is 3.24. The van der Waals surface area contributed by atoms with E-state index in [0.29, 0.717) is 13.0 Å². The zero-order chi connectivity index (χ0) is 23.3. The number of carbonyl (C=O) groups is 2. The van der Waals surface area contributed by atoms with Gasteiger partial charge in [-0.15, -0.1) is 11.3 Å². The number of nitrogens with one attached hydrogen (secondary N) is 1. The molecule has 174 valence electrons. The number of benzene rings is 2. The second-order valence-electron chi connectivity index (χ2n) is 9.10. The Hall–Kier alpha value is -2.77. The third-order valence-electron chi connectivity index (χ3n) is 6.60. The van der Waals surface area contributed by atoms with Gasteiger partial charge in [-0.3, -0.25) is 9.59 Å². The maximum Gasteiger partial charge on any atom is 0.230 e. The molecule has 0 aliphatic carbocycles. The highest BCUT2D eigenvalue weighted by molar-refractivity contribution is 7.18. The summed E-state index contributed by atoms with van der Waals surface area (Å²) in [6, 6.07) is 18.0. The van der Waals surface area contributed by atoms with Crippen LogP contribution in [0.4, 0.5) is 0 Å². The molecule has 2 aromatic carbocycles. The minimum absolute atomic E-state index is 0.0154. The van der Waals surface area contributed by atoms with E-state index in [4.69, 9.17) is 10.7 Å². The number of carbonyl (C=O) groups excluding carboxylic acids is 2. The van der Waals surface area contributed by atoms with Gasteiger partial charge in [-0.2, -0.15) is 0 Å². The maximum atomic E-state index is 13.5. The quantitative estimate of drug-likeness (QED) is 0.475. The van der Waals surface area contributed by atoms with Crippen molar-refractivity contribution in [2.24, 2.45) is 11.7 Å². The molecule has 3 N–H and O–H groups in total. The lowest BCUT2D eigenvalue weighted by atomic mass is 9.78. The highest BCUT2D eigenvalue weighted by Gasteiger charge is 2.36. The normalized spacial score (nSPS) is 18.6. The molecule has 0 spiro atoms. The van der Waals surface area contributed by atoms with Gasteiger partial charge in [-0.05, 0) is 57.0 Å². The standard InChI is InChI=1S/C26H32N4O2S/c1-26(20-10-3-2-4-11-20,17-23-29-21-12-5-6-13-22(21)33-23)25(32)28-14-8-16-30-15-7-9-19(18-30)24(27)31/h2-6,10-13,19H,7-9,14-18H2,1H3,(H2,27,31)(H,28,32). The predicted molar refractivity (Wildman–Crippen MR) is 133 cm³/mol. The van der Waals surface area contributed by atoms with Crippen LogP contribution in [0, 0.1) is 5.92 Å². The Balaban J connectivity index is 1.40. The molecule has 1 aliphatic heterocycles. The number of hydrogen-bond donors (Lipinski definition) is 2. The van der Waals surface area contributed by atoms with Crippen molar-refractivity contribution in [2.45, 2.75) is 38.0 Å². The summed E-state index contributed by atoms with van der Waals surface area (Å²) < 4.78 is 1.14. The maximum absolute atomic E-state index is 13.5. The Kier molecular flexibility index (Phi) is 7.40. The summed E-state index contributed by atoms with van der Waals surface area (Å²) in [6.07, 6.45) is 3.26. The topological polar surface area (TPSA) is 88.3 Å². The summed E-state index contributed by atoms with van der Waals surface area (Å²) in [6.45, 7) is 5.16. The summed E-state index contributed by atoms with van der Waals surface area (Å²) in [5, 5.41) is 4.13. The molecule has 2 heterocycles. The van der Waals surface area contributed by atoms with Crippen molar-refractivity contribution in [3.63, 3.8) is 0 Å². The van der Waals surface area contributed by atoms with Crippen LogP contribution in [0.3, 0.4) is 0 Å². The van der Waals surface area contributed by atoms with Crippen molar-refractivity contribution in [3.05, 3.63) is 65.2 Å². The van der Waals surface area contributed by atoms with E-state index in [0.717, 1.165) is 59.7 Å². The molecular formula is C26H32N4O2S. The zero-order valence-corrected chi connectivity index (χ0v) is 19.9. The fraction of sp³-hybridized carbons (Fsp3) is 0.423.